The fourth-order valence-corrected chi connectivity index (χ4v) is 4.60. The van der Waals surface area contributed by atoms with Crippen LogP contribution in [0.4, 0.5) is 4.39 Å². The SMILES string of the molecule is Cc1nnn(-c2ccc(-c3ccc(O[C@@H]4C[C@H]5CCC[C@@H]([C@H]4F)N5C)nn3)c(O)c2)n1. The number of phenolic OH excluding ortho intramolecular Hbond substituents is 1. The first-order valence-corrected chi connectivity index (χ1v) is 10.5. The summed E-state index contributed by atoms with van der Waals surface area (Å²) in [4.78, 5) is 3.50. The number of hydrogen-bond acceptors (Lipinski definition) is 8. The summed E-state index contributed by atoms with van der Waals surface area (Å²) in [6.45, 7) is 1.74. The Balaban J connectivity index is 1.31. The summed E-state index contributed by atoms with van der Waals surface area (Å²) in [5.41, 5.74) is 1.57. The van der Waals surface area contributed by atoms with Crippen molar-refractivity contribution < 1.29 is 14.2 Å². The van der Waals surface area contributed by atoms with Gasteiger partial charge in [-0.05, 0) is 50.2 Å². The van der Waals surface area contributed by atoms with Crippen LogP contribution < -0.4 is 4.74 Å². The molecule has 3 aromatic rings. The molecule has 2 aliphatic rings. The molecule has 31 heavy (non-hydrogen) atoms. The van der Waals surface area contributed by atoms with Crippen molar-refractivity contribution >= 4 is 0 Å². The topological polar surface area (TPSA) is 102 Å². The molecule has 9 nitrogen and oxygen atoms in total. The number of alkyl halides is 1. The molecule has 0 unspecified atom stereocenters. The van der Waals surface area contributed by atoms with E-state index in [4.69, 9.17) is 4.74 Å². The Kier molecular flexibility index (Phi) is 5.01. The van der Waals surface area contributed by atoms with E-state index in [0.717, 1.165) is 19.3 Å². The summed E-state index contributed by atoms with van der Waals surface area (Å²) in [5.74, 6) is 0.841. The van der Waals surface area contributed by atoms with Gasteiger partial charge in [-0.15, -0.1) is 25.2 Å². The van der Waals surface area contributed by atoms with Crippen molar-refractivity contribution in [2.75, 3.05) is 7.05 Å². The number of aryl methyl sites for hydroxylation is 1. The van der Waals surface area contributed by atoms with E-state index in [1.165, 1.54) is 10.9 Å². The molecule has 1 N–H and O–H groups in total. The van der Waals surface area contributed by atoms with E-state index in [1.54, 1.807) is 31.2 Å². The van der Waals surface area contributed by atoms with Gasteiger partial charge in [0.2, 0.25) is 5.88 Å². The third kappa shape index (κ3) is 3.71. The maximum absolute atomic E-state index is 15.0. The van der Waals surface area contributed by atoms with E-state index in [2.05, 4.69) is 30.5 Å². The van der Waals surface area contributed by atoms with E-state index in [-0.39, 0.29) is 17.7 Å². The molecule has 0 aliphatic carbocycles. The fourth-order valence-electron chi connectivity index (χ4n) is 4.60. The number of piperidine rings is 2. The van der Waals surface area contributed by atoms with Gasteiger partial charge in [0.05, 0.1) is 11.4 Å². The summed E-state index contributed by atoms with van der Waals surface area (Å²) in [7, 11) is 2.00. The van der Waals surface area contributed by atoms with Crippen LogP contribution in [0.2, 0.25) is 0 Å². The maximum atomic E-state index is 15.0. The predicted molar refractivity (Wildman–Crippen MR) is 110 cm³/mol. The van der Waals surface area contributed by atoms with Crippen LogP contribution in [-0.2, 0) is 0 Å². The Labute approximate surface area is 178 Å². The van der Waals surface area contributed by atoms with E-state index in [9.17, 15) is 9.50 Å². The first kappa shape index (κ1) is 19.8. The summed E-state index contributed by atoms with van der Waals surface area (Å²) in [6, 6.07) is 8.63. The molecule has 2 fully saturated rings. The number of ether oxygens (including phenoxy) is 1. The van der Waals surface area contributed by atoms with Gasteiger partial charge in [0.25, 0.3) is 0 Å². The second kappa shape index (κ2) is 7.84. The van der Waals surface area contributed by atoms with Gasteiger partial charge in [-0.1, -0.05) is 6.42 Å². The molecule has 2 aromatic heterocycles. The smallest absolute Gasteiger partial charge is 0.233 e. The minimum Gasteiger partial charge on any atom is -0.507 e. The van der Waals surface area contributed by atoms with E-state index < -0.39 is 12.3 Å². The molecule has 2 bridgehead atoms. The van der Waals surface area contributed by atoms with Crippen LogP contribution >= 0.6 is 0 Å². The van der Waals surface area contributed by atoms with Crippen molar-refractivity contribution in [3.05, 3.63) is 36.2 Å². The van der Waals surface area contributed by atoms with Gasteiger partial charge in [0.15, 0.2) is 12.0 Å². The lowest BCUT2D eigenvalue weighted by Gasteiger charge is -2.48. The number of fused-ring (bicyclic) bond motifs is 2. The minimum atomic E-state index is -1.05. The molecule has 2 aliphatic heterocycles. The van der Waals surface area contributed by atoms with Gasteiger partial charge in [0, 0.05) is 36.2 Å². The van der Waals surface area contributed by atoms with Crippen molar-refractivity contribution in [3.8, 4) is 28.6 Å². The van der Waals surface area contributed by atoms with Crippen molar-refractivity contribution in [1.82, 2.24) is 35.3 Å². The molecular formula is C21H24FN7O2. The molecule has 1 aromatic carbocycles. The Morgan fingerprint density at radius 2 is 2.00 bits per heavy atom. The van der Waals surface area contributed by atoms with E-state index in [1.807, 2.05) is 7.05 Å². The summed E-state index contributed by atoms with van der Waals surface area (Å²) in [6.07, 6.45) is 2.08. The first-order chi connectivity index (χ1) is 15.0. The van der Waals surface area contributed by atoms with Gasteiger partial charge in [0.1, 0.15) is 11.9 Å². The van der Waals surface area contributed by atoms with Gasteiger partial charge < -0.3 is 9.84 Å². The average molecular weight is 425 g/mol. The van der Waals surface area contributed by atoms with Crippen LogP contribution in [0.25, 0.3) is 16.9 Å². The maximum Gasteiger partial charge on any atom is 0.233 e. The van der Waals surface area contributed by atoms with Crippen molar-refractivity contribution in [2.45, 2.75) is 57.0 Å². The lowest BCUT2D eigenvalue weighted by atomic mass is 9.82. The lowest BCUT2D eigenvalue weighted by molar-refractivity contribution is -0.0640. The molecule has 0 spiro atoms. The number of benzene rings is 1. The van der Waals surface area contributed by atoms with Crippen LogP contribution in [0.5, 0.6) is 11.6 Å². The highest BCUT2D eigenvalue weighted by Crippen LogP contribution is 2.36. The van der Waals surface area contributed by atoms with Crippen LogP contribution in [0.3, 0.4) is 0 Å². The molecule has 2 saturated heterocycles. The molecule has 4 heterocycles. The van der Waals surface area contributed by atoms with Crippen LogP contribution in [0, 0.1) is 6.92 Å². The Hall–Kier alpha value is -3.14. The van der Waals surface area contributed by atoms with Gasteiger partial charge in [-0.2, -0.15) is 0 Å². The number of halogens is 1. The molecule has 0 saturated carbocycles. The highest BCUT2D eigenvalue weighted by molar-refractivity contribution is 5.68. The zero-order valence-electron chi connectivity index (χ0n) is 17.4. The van der Waals surface area contributed by atoms with Crippen LogP contribution in [-0.4, -0.2) is 71.8 Å². The predicted octanol–water partition coefficient (Wildman–Crippen LogP) is 2.48. The number of rotatable bonds is 4. The van der Waals surface area contributed by atoms with Gasteiger partial charge >= 0.3 is 0 Å². The number of hydrogen-bond donors (Lipinski definition) is 1. The van der Waals surface area contributed by atoms with Crippen molar-refractivity contribution in [1.29, 1.82) is 0 Å². The Morgan fingerprint density at radius 3 is 2.71 bits per heavy atom. The van der Waals surface area contributed by atoms with Gasteiger partial charge in [-0.3, -0.25) is 4.90 Å². The Morgan fingerprint density at radius 1 is 1.13 bits per heavy atom. The van der Waals surface area contributed by atoms with Crippen molar-refractivity contribution in [2.24, 2.45) is 0 Å². The standard InChI is InChI=1S/C21H24FN7O2/c1-12-23-27-29(26-12)14-6-7-15(18(30)10-14)16-8-9-20(25-24-16)31-19-11-13-4-3-5-17(21(19)22)28(13)2/h6-10,13,17,19,21,30H,3-5,11H2,1-2H3/t13-,17+,19-,21-/m1/s1. The van der Waals surface area contributed by atoms with Gasteiger partial charge in [-0.25, -0.2) is 4.39 Å². The monoisotopic (exact) mass is 425 g/mol. The fraction of sp³-hybridized carbons (Fsp3) is 0.476. The molecular weight excluding hydrogens is 401 g/mol. The second-order valence-corrected chi connectivity index (χ2v) is 8.24. The normalized spacial score (nSPS) is 26.0. The molecule has 4 atom stereocenters. The zero-order chi connectivity index (χ0) is 21.5. The third-order valence-corrected chi connectivity index (χ3v) is 6.28. The van der Waals surface area contributed by atoms with Crippen LogP contribution in [0.1, 0.15) is 31.5 Å². The molecule has 0 radical (unpaired) electrons. The van der Waals surface area contributed by atoms with Crippen LogP contribution in [0.15, 0.2) is 30.3 Å². The molecule has 10 heteroatoms. The highest BCUT2D eigenvalue weighted by atomic mass is 19.1. The summed E-state index contributed by atoms with van der Waals surface area (Å²) in [5, 5.41) is 30.6. The minimum absolute atomic E-state index is 0.0161. The number of phenols is 1. The first-order valence-electron chi connectivity index (χ1n) is 10.5. The third-order valence-electron chi connectivity index (χ3n) is 6.28. The Bertz CT molecular complexity index is 1070. The number of aromatic nitrogens is 6. The average Bonchev–Trinajstić information content (AvgIpc) is 3.20. The lowest BCUT2D eigenvalue weighted by Crippen LogP contribution is -2.59. The quantitative estimate of drug-likeness (QED) is 0.680. The van der Waals surface area contributed by atoms with E-state index >= 15 is 0 Å². The molecule has 5 rings (SSSR count). The highest BCUT2D eigenvalue weighted by Gasteiger charge is 2.45. The number of nitrogens with zero attached hydrogens (tertiary/aromatic N) is 7. The van der Waals surface area contributed by atoms with E-state index in [0.29, 0.717) is 35.2 Å². The number of tetrazole rings is 1. The largest absolute Gasteiger partial charge is 0.507 e. The molecule has 0 amide bonds. The molecule has 162 valence electrons. The zero-order valence-corrected chi connectivity index (χ0v) is 17.4. The second-order valence-electron chi connectivity index (χ2n) is 8.24. The summed E-state index contributed by atoms with van der Waals surface area (Å²) < 4.78 is 20.9. The summed E-state index contributed by atoms with van der Waals surface area (Å²) >= 11 is 0. The van der Waals surface area contributed by atoms with Crippen molar-refractivity contribution in [3.63, 3.8) is 0 Å². The number of aromatic hydroxyl groups is 1.